The maximum absolute atomic E-state index is 6.07. The summed E-state index contributed by atoms with van der Waals surface area (Å²) in [5.41, 5.74) is 4.05. The molecule has 102 valence electrons. The van der Waals surface area contributed by atoms with Crippen LogP contribution in [-0.2, 0) is 0 Å². The van der Waals surface area contributed by atoms with E-state index in [0.29, 0.717) is 0 Å². The van der Waals surface area contributed by atoms with E-state index in [9.17, 15) is 0 Å². The lowest BCUT2D eigenvalue weighted by molar-refractivity contribution is 0.669. The van der Waals surface area contributed by atoms with Gasteiger partial charge in [-0.25, -0.2) is 0 Å². The van der Waals surface area contributed by atoms with E-state index >= 15 is 0 Å². The van der Waals surface area contributed by atoms with E-state index in [1.807, 2.05) is 30.3 Å². The molecule has 0 fully saturated rings. The highest BCUT2D eigenvalue weighted by molar-refractivity contribution is 9.10. The van der Waals surface area contributed by atoms with Crippen molar-refractivity contribution in [3.63, 3.8) is 0 Å². The summed E-state index contributed by atoms with van der Waals surface area (Å²) < 4.78 is 7.00. The average Bonchev–Trinajstić information content (AvgIpc) is 2.85. The van der Waals surface area contributed by atoms with Crippen molar-refractivity contribution in [1.82, 2.24) is 0 Å². The average molecular weight is 358 g/mol. The highest BCUT2D eigenvalue weighted by Crippen LogP contribution is 2.33. The number of rotatable bonds is 1. The molecule has 0 bridgehead atoms. The summed E-state index contributed by atoms with van der Waals surface area (Å²) >= 11 is 9.53. The van der Waals surface area contributed by atoms with Crippen LogP contribution in [0.15, 0.2) is 69.6 Å². The molecule has 0 amide bonds. The zero-order chi connectivity index (χ0) is 14.4. The van der Waals surface area contributed by atoms with Gasteiger partial charge in [0.25, 0.3) is 0 Å². The van der Waals surface area contributed by atoms with E-state index in [1.54, 1.807) is 0 Å². The predicted molar refractivity (Wildman–Crippen MR) is 91.9 cm³/mol. The van der Waals surface area contributed by atoms with Crippen LogP contribution in [0.25, 0.3) is 33.1 Å². The van der Waals surface area contributed by atoms with Crippen molar-refractivity contribution in [2.45, 2.75) is 0 Å². The molecule has 0 spiro atoms. The summed E-state index contributed by atoms with van der Waals surface area (Å²) in [4.78, 5) is 0. The lowest BCUT2D eigenvalue weighted by Crippen LogP contribution is -1.77. The monoisotopic (exact) mass is 356 g/mol. The van der Waals surface area contributed by atoms with E-state index in [2.05, 4.69) is 46.3 Å². The summed E-state index contributed by atoms with van der Waals surface area (Å²) in [6, 6.07) is 20.2. The largest absolute Gasteiger partial charge is 0.456 e. The quantitative estimate of drug-likeness (QED) is 0.371. The van der Waals surface area contributed by atoms with Gasteiger partial charge >= 0.3 is 0 Å². The number of hydrogen-bond acceptors (Lipinski definition) is 1. The number of halogens is 2. The van der Waals surface area contributed by atoms with E-state index in [1.165, 1.54) is 5.56 Å². The van der Waals surface area contributed by atoms with Gasteiger partial charge in [0.05, 0.1) is 0 Å². The third kappa shape index (κ3) is 2.25. The minimum absolute atomic E-state index is 0.724. The number of benzene rings is 3. The Hall–Kier alpha value is -1.77. The molecule has 1 heterocycles. The van der Waals surface area contributed by atoms with Gasteiger partial charge in [-0.05, 0) is 53.6 Å². The number of hydrogen-bond donors (Lipinski definition) is 0. The lowest BCUT2D eigenvalue weighted by Gasteiger charge is -2.01. The van der Waals surface area contributed by atoms with Gasteiger partial charge in [0.2, 0.25) is 0 Å². The van der Waals surface area contributed by atoms with Gasteiger partial charge in [-0.2, -0.15) is 0 Å². The van der Waals surface area contributed by atoms with Crippen LogP contribution in [0.2, 0.25) is 5.02 Å². The normalized spacial score (nSPS) is 11.3. The fourth-order valence-corrected chi connectivity index (χ4v) is 3.01. The fourth-order valence-electron chi connectivity index (χ4n) is 2.57. The smallest absolute Gasteiger partial charge is 0.136 e. The van der Waals surface area contributed by atoms with Crippen molar-refractivity contribution >= 4 is 49.5 Å². The SMILES string of the molecule is Clc1ccc2oc3cc(-c4ccc(Br)cc4)ccc3c2c1. The molecule has 0 N–H and O–H groups in total. The molecule has 1 aromatic heterocycles. The molecular formula is C18H10BrClO. The second kappa shape index (κ2) is 4.90. The molecule has 1 nitrogen and oxygen atoms in total. The van der Waals surface area contributed by atoms with Gasteiger partial charge < -0.3 is 4.42 Å². The Morgan fingerprint density at radius 1 is 0.714 bits per heavy atom. The van der Waals surface area contributed by atoms with E-state index in [-0.39, 0.29) is 0 Å². The standard InChI is InChI=1S/C18H10BrClO/c19-13-4-1-11(2-5-13)12-3-7-15-16-10-14(20)6-8-17(16)21-18(15)9-12/h1-10H. The minimum atomic E-state index is 0.724. The van der Waals surface area contributed by atoms with Crippen molar-refractivity contribution in [2.75, 3.05) is 0 Å². The molecule has 21 heavy (non-hydrogen) atoms. The maximum atomic E-state index is 6.07. The van der Waals surface area contributed by atoms with Gasteiger partial charge in [-0.1, -0.05) is 45.7 Å². The molecule has 3 heteroatoms. The first-order valence-electron chi connectivity index (χ1n) is 6.58. The second-order valence-corrected chi connectivity index (χ2v) is 6.31. The zero-order valence-electron chi connectivity index (χ0n) is 10.9. The third-order valence-electron chi connectivity index (χ3n) is 3.61. The molecule has 0 saturated heterocycles. The third-order valence-corrected chi connectivity index (χ3v) is 4.37. The van der Waals surface area contributed by atoms with Crippen LogP contribution in [0.1, 0.15) is 0 Å². The molecule has 0 aliphatic rings. The maximum Gasteiger partial charge on any atom is 0.136 e. The van der Waals surface area contributed by atoms with Crippen molar-refractivity contribution < 1.29 is 4.42 Å². The first kappa shape index (κ1) is 12.9. The molecule has 0 aliphatic heterocycles. The minimum Gasteiger partial charge on any atom is -0.456 e. The van der Waals surface area contributed by atoms with Crippen LogP contribution in [0.5, 0.6) is 0 Å². The predicted octanol–water partition coefficient (Wildman–Crippen LogP) is 6.67. The lowest BCUT2D eigenvalue weighted by atomic mass is 10.0. The van der Waals surface area contributed by atoms with Crippen LogP contribution >= 0.6 is 27.5 Å². The van der Waals surface area contributed by atoms with Crippen LogP contribution < -0.4 is 0 Å². The van der Waals surface area contributed by atoms with Gasteiger partial charge in [-0.15, -0.1) is 0 Å². The summed E-state index contributed by atoms with van der Waals surface area (Å²) in [5, 5.41) is 2.87. The Morgan fingerprint density at radius 2 is 1.48 bits per heavy atom. The summed E-state index contributed by atoms with van der Waals surface area (Å²) in [7, 11) is 0. The topological polar surface area (TPSA) is 13.1 Å². The van der Waals surface area contributed by atoms with Gasteiger partial charge in [-0.3, -0.25) is 0 Å². The summed E-state index contributed by atoms with van der Waals surface area (Å²) in [5.74, 6) is 0. The van der Waals surface area contributed by atoms with Gasteiger partial charge in [0.1, 0.15) is 11.2 Å². The van der Waals surface area contributed by atoms with Gasteiger partial charge in [0.15, 0.2) is 0 Å². The van der Waals surface area contributed by atoms with E-state index in [0.717, 1.165) is 37.0 Å². The fraction of sp³-hybridized carbons (Fsp3) is 0. The molecule has 0 saturated carbocycles. The molecule has 3 aromatic carbocycles. The molecule has 0 radical (unpaired) electrons. The molecule has 0 unspecified atom stereocenters. The first-order valence-corrected chi connectivity index (χ1v) is 7.75. The van der Waals surface area contributed by atoms with Crippen LogP contribution in [0, 0.1) is 0 Å². The highest BCUT2D eigenvalue weighted by atomic mass is 79.9. The van der Waals surface area contributed by atoms with Crippen LogP contribution in [-0.4, -0.2) is 0 Å². The second-order valence-electron chi connectivity index (χ2n) is 4.96. The molecule has 0 aliphatic carbocycles. The van der Waals surface area contributed by atoms with Crippen molar-refractivity contribution in [3.8, 4) is 11.1 Å². The molecule has 4 rings (SSSR count). The molecular weight excluding hydrogens is 348 g/mol. The van der Waals surface area contributed by atoms with Crippen molar-refractivity contribution in [1.29, 1.82) is 0 Å². The van der Waals surface area contributed by atoms with E-state index in [4.69, 9.17) is 16.0 Å². The van der Waals surface area contributed by atoms with Crippen molar-refractivity contribution in [2.24, 2.45) is 0 Å². The Kier molecular flexibility index (Phi) is 3.02. The Morgan fingerprint density at radius 3 is 2.29 bits per heavy atom. The molecule has 4 aromatic rings. The Balaban J connectivity index is 1.94. The van der Waals surface area contributed by atoms with Crippen LogP contribution in [0.4, 0.5) is 0 Å². The summed E-state index contributed by atoms with van der Waals surface area (Å²) in [6.07, 6.45) is 0. The highest BCUT2D eigenvalue weighted by Gasteiger charge is 2.08. The van der Waals surface area contributed by atoms with E-state index < -0.39 is 0 Å². The molecule has 0 atom stereocenters. The van der Waals surface area contributed by atoms with Gasteiger partial charge in [0, 0.05) is 20.3 Å². The van der Waals surface area contributed by atoms with Crippen LogP contribution in [0.3, 0.4) is 0 Å². The Labute approximate surface area is 135 Å². The summed E-state index contributed by atoms with van der Waals surface area (Å²) in [6.45, 7) is 0. The Bertz CT molecular complexity index is 954. The first-order chi connectivity index (χ1) is 10.2. The zero-order valence-corrected chi connectivity index (χ0v) is 13.3. The number of furan rings is 1. The van der Waals surface area contributed by atoms with Crippen molar-refractivity contribution in [3.05, 3.63) is 70.2 Å². The number of fused-ring (bicyclic) bond motifs is 3.